The van der Waals surface area contributed by atoms with Crippen molar-refractivity contribution in [1.29, 1.82) is 5.26 Å². The third-order valence-electron chi connectivity index (χ3n) is 2.47. The van der Waals surface area contributed by atoms with Gasteiger partial charge in [0.1, 0.15) is 6.07 Å². The van der Waals surface area contributed by atoms with Crippen molar-refractivity contribution in [2.45, 2.75) is 16.2 Å². The van der Waals surface area contributed by atoms with E-state index in [0.717, 1.165) is 34.5 Å². The molecule has 0 amide bonds. The van der Waals surface area contributed by atoms with Gasteiger partial charge in [0.25, 0.3) is 0 Å². The SMILES string of the molecule is Cn1c(Sc2cc(C(F)(F)F)ccc2C#N)n[nH]c1=O. The summed E-state index contributed by atoms with van der Waals surface area (Å²) in [6.45, 7) is 0. The molecule has 0 aliphatic carbocycles. The van der Waals surface area contributed by atoms with Crippen molar-refractivity contribution in [2.75, 3.05) is 0 Å². The first-order valence-corrected chi connectivity index (χ1v) is 6.05. The van der Waals surface area contributed by atoms with Gasteiger partial charge >= 0.3 is 11.9 Å². The van der Waals surface area contributed by atoms with Crippen molar-refractivity contribution >= 4 is 11.8 Å². The van der Waals surface area contributed by atoms with Crippen molar-refractivity contribution in [3.63, 3.8) is 0 Å². The average molecular weight is 300 g/mol. The summed E-state index contributed by atoms with van der Waals surface area (Å²) in [5.41, 5.74) is -1.27. The molecule has 0 unspecified atom stereocenters. The number of rotatable bonds is 2. The number of nitriles is 1. The number of hydrogen-bond donors (Lipinski definition) is 1. The first-order valence-electron chi connectivity index (χ1n) is 5.23. The first-order chi connectivity index (χ1) is 9.32. The van der Waals surface area contributed by atoms with Crippen molar-refractivity contribution in [2.24, 2.45) is 7.05 Å². The van der Waals surface area contributed by atoms with Gasteiger partial charge in [-0.1, -0.05) is 0 Å². The highest BCUT2D eigenvalue weighted by molar-refractivity contribution is 7.99. The molecule has 104 valence electrons. The van der Waals surface area contributed by atoms with Crippen molar-refractivity contribution in [3.8, 4) is 6.07 Å². The van der Waals surface area contributed by atoms with Crippen LogP contribution in [0.2, 0.25) is 0 Å². The van der Waals surface area contributed by atoms with Crippen LogP contribution < -0.4 is 5.69 Å². The van der Waals surface area contributed by atoms with Crippen molar-refractivity contribution in [1.82, 2.24) is 14.8 Å². The monoisotopic (exact) mass is 300 g/mol. The number of hydrogen-bond acceptors (Lipinski definition) is 4. The molecular weight excluding hydrogens is 293 g/mol. The van der Waals surface area contributed by atoms with E-state index in [9.17, 15) is 18.0 Å². The Labute approximate surface area is 115 Å². The highest BCUT2D eigenvalue weighted by Crippen LogP contribution is 2.35. The molecular formula is C11H7F3N4OS. The van der Waals surface area contributed by atoms with Crippen LogP contribution in [0.25, 0.3) is 0 Å². The van der Waals surface area contributed by atoms with Crippen LogP contribution in [0.15, 0.2) is 33.0 Å². The Morgan fingerprint density at radius 3 is 2.65 bits per heavy atom. The molecule has 0 spiro atoms. The molecule has 5 nitrogen and oxygen atoms in total. The minimum Gasteiger partial charge on any atom is -0.273 e. The predicted octanol–water partition coefficient (Wildman–Crippen LogP) is 2.15. The lowest BCUT2D eigenvalue weighted by Gasteiger charge is -2.09. The van der Waals surface area contributed by atoms with Gasteiger partial charge in [-0.25, -0.2) is 9.89 Å². The number of aromatic amines is 1. The maximum atomic E-state index is 12.7. The lowest BCUT2D eigenvalue weighted by atomic mass is 10.1. The fourth-order valence-corrected chi connectivity index (χ4v) is 2.31. The smallest absolute Gasteiger partial charge is 0.273 e. The summed E-state index contributed by atoms with van der Waals surface area (Å²) in [6, 6.07) is 4.60. The highest BCUT2D eigenvalue weighted by atomic mass is 32.2. The number of aromatic nitrogens is 3. The minimum atomic E-state index is -4.50. The number of nitrogens with zero attached hydrogens (tertiary/aromatic N) is 3. The molecule has 0 fully saturated rings. The van der Waals surface area contributed by atoms with Crippen molar-refractivity contribution < 1.29 is 13.2 Å². The molecule has 0 saturated heterocycles. The maximum absolute atomic E-state index is 12.7. The minimum absolute atomic E-state index is 0.0819. The average Bonchev–Trinajstić information content (AvgIpc) is 2.69. The van der Waals surface area contributed by atoms with Gasteiger partial charge < -0.3 is 0 Å². The zero-order valence-electron chi connectivity index (χ0n) is 10.0. The van der Waals surface area contributed by atoms with Gasteiger partial charge in [0.15, 0.2) is 5.16 Å². The summed E-state index contributed by atoms with van der Waals surface area (Å²) in [5.74, 6) is 0. The fraction of sp³-hybridized carbons (Fsp3) is 0.182. The Balaban J connectivity index is 2.47. The molecule has 0 saturated carbocycles. The largest absolute Gasteiger partial charge is 0.416 e. The Morgan fingerprint density at radius 1 is 1.45 bits per heavy atom. The van der Waals surface area contributed by atoms with E-state index >= 15 is 0 Å². The third kappa shape index (κ3) is 2.70. The first kappa shape index (κ1) is 14.2. The van der Waals surface area contributed by atoms with E-state index in [1.807, 2.05) is 6.07 Å². The van der Waals surface area contributed by atoms with Crippen LogP contribution in [0.1, 0.15) is 11.1 Å². The Hall–Kier alpha value is -2.21. The second-order valence-electron chi connectivity index (χ2n) is 3.79. The summed E-state index contributed by atoms with van der Waals surface area (Å²) in [4.78, 5) is 11.3. The van der Waals surface area contributed by atoms with Gasteiger partial charge in [-0.3, -0.25) is 4.57 Å². The molecule has 0 atom stereocenters. The Bertz CT molecular complexity index is 741. The second-order valence-corrected chi connectivity index (χ2v) is 4.80. The number of nitrogens with one attached hydrogen (secondary N) is 1. The van der Waals surface area contributed by atoms with E-state index in [0.29, 0.717) is 0 Å². The fourth-order valence-electron chi connectivity index (χ4n) is 1.40. The predicted molar refractivity (Wildman–Crippen MR) is 64.1 cm³/mol. The van der Waals surface area contributed by atoms with E-state index < -0.39 is 17.4 Å². The second kappa shape index (κ2) is 5.05. The molecule has 0 bridgehead atoms. The summed E-state index contributed by atoms with van der Waals surface area (Å²) >= 11 is 0.815. The molecule has 1 heterocycles. The summed E-state index contributed by atoms with van der Waals surface area (Å²) in [7, 11) is 1.42. The topological polar surface area (TPSA) is 74.5 Å². The van der Waals surface area contributed by atoms with Gasteiger partial charge in [-0.2, -0.15) is 18.4 Å². The molecule has 20 heavy (non-hydrogen) atoms. The number of H-pyrrole nitrogens is 1. The zero-order valence-corrected chi connectivity index (χ0v) is 10.8. The molecule has 0 aliphatic heterocycles. The van der Waals surface area contributed by atoms with Crippen LogP contribution in [0, 0.1) is 11.3 Å². The van der Waals surface area contributed by atoms with Crippen LogP contribution in [0.5, 0.6) is 0 Å². The van der Waals surface area contributed by atoms with Crippen LogP contribution in [0.3, 0.4) is 0 Å². The molecule has 1 aromatic carbocycles. The third-order valence-corrected chi connectivity index (χ3v) is 3.57. The van der Waals surface area contributed by atoms with Gasteiger partial charge in [0.2, 0.25) is 0 Å². The standard InChI is InChI=1S/C11H7F3N4OS/c1-18-9(19)16-17-10(18)20-8-4-7(11(12,13)14)3-2-6(8)5-15/h2-4H,1H3,(H,16,19). The number of benzene rings is 1. The summed E-state index contributed by atoms with van der Waals surface area (Å²) in [5, 5.41) is 14.9. The Kier molecular flexibility index (Phi) is 3.59. The maximum Gasteiger partial charge on any atom is 0.416 e. The van der Waals surface area contributed by atoms with Gasteiger partial charge in [-0.15, -0.1) is 5.10 Å². The summed E-state index contributed by atoms with van der Waals surface area (Å²) < 4.78 is 39.1. The normalized spacial score (nSPS) is 11.3. The van der Waals surface area contributed by atoms with E-state index in [2.05, 4.69) is 10.2 Å². The molecule has 2 rings (SSSR count). The summed E-state index contributed by atoms with van der Waals surface area (Å²) in [6.07, 6.45) is -4.50. The highest BCUT2D eigenvalue weighted by Gasteiger charge is 2.31. The van der Waals surface area contributed by atoms with E-state index in [1.54, 1.807) is 0 Å². The van der Waals surface area contributed by atoms with Gasteiger partial charge in [0.05, 0.1) is 11.1 Å². The molecule has 1 aromatic heterocycles. The molecule has 9 heteroatoms. The van der Waals surface area contributed by atoms with Crippen LogP contribution in [-0.4, -0.2) is 14.8 Å². The molecule has 0 aliphatic rings. The lowest BCUT2D eigenvalue weighted by Crippen LogP contribution is -2.12. The van der Waals surface area contributed by atoms with Gasteiger partial charge in [0, 0.05) is 11.9 Å². The van der Waals surface area contributed by atoms with Crippen LogP contribution >= 0.6 is 11.8 Å². The zero-order chi connectivity index (χ0) is 14.9. The molecule has 0 radical (unpaired) electrons. The van der Waals surface area contributed by atoms with E-state index in [-0.39, 0.29) is 15.6 Å². The molecule has 2 aromatic rings. The van der Waals surface area contributed by atoms with Crippen LogP contribution in [0.4, 0.5) is 13.2 Å². The Morgan fingerprint density at radius 2 is 2.15 bits per heavy atom. The van der Waals surface area contributed by atoms with E-state index in [4.69, 9.17) is 5.26 Å². The number of alkyl halides is 3. The van der Waals surface area contributed by atoms with E-state index in [1.165, 1.54) is 7.05 Å². The van der Waals surface area contributed by atoms with Crippen LogP contribution in [-0.2, 0) is 13.2 Å². The van der Waals surface area contributed by atoms with Gasteiger partial charge in [-0.05, 0) is 30.0 Å². The lowest BCUT2D eigenvalue weighted by molar-refractivity contribution is -0.137. The van der Waals surface area contributed by atoms with Crippen molar-refractivity contribution in [3.05, 3.63) is 39.8 Å². The quantitative estimate of drug-likeness (QED) is 0.922. The molecule has 1 N–H and O–H groups in total. The number of halogens is 3.